The van der Waals surface area contributed by atoms with Gasteiger partial charge < -0.3 is 9.88 Å². The van der Waals surface area contributed by atoms with Crippen molar-refractivity contribution < 1.29 is 4.57 Å². The maximum absolute atomic E-state index is 12.2. The molecule has 1 aromatic heterocycles. The Hall–Kier alpha value is -0.820. The van der Waals surface area contributed by atoms with Gasteiger partial charge in [0.15, 0.2) is 0 Å². The molecular weight excluding hydrogens is 279 g/mol. The SMILES string of the molecule is CC(C)C1CCCC(Nc2cc(P(C)(C)=O)ccn2)CC1. The molecule has 21 heavy (non-hydrogen) atoms. The summed E-state index contributed by atoms with van der Waals surface area (Å²) < 4.78 is 12.2. The minimum Gasteiger partial charge on any atom is -0.367 e. The molecule has 4 heteroatoms. The lowest BCUT2D eigenvalue weighted by Gasteiger charge is -2.20. The van der Waals surface area contributed by atoms with Gasteiger partial charge in [-0.15, -0.1) is 0 Å². The van der Waals surface area contributed by atoms with Crippen LogP contribution in [0.25, 0.3) is 0 Å². The lowest BCUT2D eigenvalue weighted by Crippen LogP contribution is -2.20. The number of nitrogens with one attached hydrogen (secondary N) is 1. The second-order valence-electron chi connectivity index (χ2n) is 7.10. The second kappa shape index (κ2) is 6.96. The van der Waals surface area contributed by atoms with Crippen molar-refractivity contribution in [1.82, 2.24) is 4.98 Å². The minimum atomic E-state index is -2.21. The van der Waals surface area contributed by atoms with Crippen LogP contribution in [0.2, 0.25) is 0 Å². The number of nitrogens with zero attached hydrogens (tertiary/aromatic N) is 1. The first-order valence-corrected chi connectivity index (χ1v) is 10.7. The molecule has 0 spiro atoms. The second-order valence-corrected chi connectivity index (χ2v) is 10.3. The summed E-state index contributed by atoms with van der Waals surface area (Å²) in [6.07, 6.45) is 8.14. The van der Waals surface area contributed by atoms with Gasteiger partial charge in [-0.2, -0.15) is 0 Å². The molecule has 0 saturated heterocycles. The van der Waals surface area contributed by atoms with Gasteiger partial charge in [-0.25, -0.2) is 4.98 Å². The zero-order valence-corrected chi connectivity index (χ0v) is 14.7. The lowest BCUT2D eigenvalue weighted by molar-refractivity contribution is 0.341. The van der Waals surface area contributed by atoms with Gasteiger partial charge in [-0.1, -0.05) is 26.7 Å². The Kier molecular flexibility index (Phi) is 5.48. The molecule has 2 unspecified atom stereocenters. The smallest absolute Gasteiger partial charge is 0.126 e. The molecule has 118 valence electrons. The van der Waals surface area contributed by atoms with E-state index in [4.69, 9.17) is 0 Å². The fourth-order valence-electron chi connectivity index (χ4n) is 3.18. The monoisotopic (exact) mass is 308 g/mol. The summed E-state index contributed by atoms with van der Waals surface area (Å²) in [5.41, 5.74) is 0. The fraction of sp³-hybridized carbons (Fsp3) is 0.706. The molecule has 3 nitrogen and oxygen atoms in total. The summed E-state index contributed by atoms with van der Waals surface area (Å²) in [4.78, 5) is 4.40. The van der Waals surface area contributed by atoms with Gasteiger partial charge in [0.05, 0.1) is 0 Å². The van der Waals surface area contributed by atoms with Crippen LogP contribution in [0.15, 0.2) is 18.3 Å². The van der Waals surface area contributed by atoms with E-state index in [0.29, 0.717) is 6.04 Å². The maximum atomic E-state index is 12.2. The van der Waals surface area contributed by atoms with Crippen molar-refractivity contribution >= 4 is 18.3 Å². The Morgan fingerprint density at radius 2 is 2.00 bits per heavy atom. The van der Waals surface area contributed by atoms with Gasteiger partial charge in [0.1, 0.15) is 13.0 Å². The van der Waals surface area contributed by atoms with Gasteiger partial charge in [0.2, 0.25) is 0 Å². The third-order valence-electron chi connectivity index (χ3n) is 4.67. The summed E-state index contributed by atoms with van der Waals surface area (Å²) in [6, 6.07) is 4.34. The topological polar surface area (TPSA) is 42.0 Å². The summed E-state index contributed by atoms with van der Waals surface area (Å²) in [6.45, 7) is 8.29. The van der Waals surface area contributed by atoms with Crippen molar-refractivity contribution in [3.8, 4) is 0 Å². The molecule has 1 heterocycles. The Bertz CT molecular complexity index is 509. The molecule has 1 fully saturated rings. The van der Waals surface area contributed by atoms with Crippen LogP contribution in [-0.2, 0) is 4.57 Å². The van der Waals surface area contributed by atoms with Crippen LogP contribution in [0.1, 0.15) is 46.0 Å². The first kappa shape index (κ1) is 16.5. The first-order valence-electron chi connectivity index (χ1n) is 8.14. The Morgan fingerprint density at radius 1 is 1.24 bits per heavy atom. The minimum absolute atomic E-state index is 0.504. The van der Waals surface area contributed by atoms with Gasteiger partial charge in [0.25, 0.3) is 0 Å². The quantitative estimate of drug-likeness (QED) is 0.664. The molecule has 0 aromatic carbocycles. The van der Waals surface area contributed by atoms with Gasteiger partial charge in [0, 0.05) is 17.5 Å². The molecular formula is C17H29N2OP. The van der Waals surface area contributed by atoms with Crippen molar-refractivity contribution in [3.05, 3.63) is 18.3 Å². The number of hydrogen-bond acceptors (Lipinski definition) is 3. The van der Waals surface area contributed by atoms with E-state index in [0.717, 1.165) is 23.0 Å². The standard InChI is InChI=1S/C17H29N2OP/c1-13(2)14-6-5-7-15(9-8-14)19-17-12-16(10-11-18-17)21(3,4)20/h10-15H,5-9H2,1-4H3,(H,18,19). The van der Waals surface area contributed by atoms with E-state index in [-0.39, 0.29) is 0 Å². The molecule has 1 aliphatic rings. The van der Waals surface area contributed by atoms with E-state index in [1.807, 2.05) is 25.5 Å². The van der Waals surface area contributed by atoms with E-state index < -0.39 is 7.14 Å². The van der Waals surface area contributed by atoms with Crippen LogP contribution in [0.3, 0.4) is 0 Å². The van der Waals surface area contributed by atoms with Crippen molar-refractivity contribution in [2.75, 3.05) is 18.6 Å². The van der Waals surface area contributed by atoms with E-state index in [2.05, 4.69) is 24.1 Å². The number of hydrogen-bond donors (Lipinski definition) is 1. The highest BCUT2D eigenvalue weighted by Crippen LogP contribution is 2.35. The van der Waals surface area contributed by atoms with E-state index >= 15 is 0 Å². The summed E-state index contributed by atoms with van der Waals surface area (Å²) in [5, 5.41) is 4.47. The maximum Gasteiger partial charge on any atom is 0.126 e. The summed E-state index contributed by atoms with van der Waals surface area (Å²) >= 11 is 0. The van der Waals surface area contributed by atoms with Crippen LogP contribution < -0.4 is 10.6 Å². The van der Waals surface area contributed by atoms with Crippen molar-refractivity contribution in [2.45, 2.75) is 52.0 Å². The molecule has 2 atom stereocenters. The Balaban J connectivity index is 2.00. The molecule has 2 rings (SSSR count). The van der Waals surface area contributed by atoms with Crippen LogP contribution in [0, 0.1) is 11.8 Å². The van der Waals surface area contributed by atoms with Crippen molar-refractivity contribution in [1.29, 1.82) is 0 Å². The molecule has 1 saturated carbocycles. The van der Waals surface area contributed by atoms with E-state index in [9.17, 15) is 4.57 Å². The third-order valence-corrected chi connectivity index (χ3v) is 6.20. The molecule has 0 bridgehead atoms. The van der Waals surface area contributed by atoms with Crippen molar-refractivity contribution in [3.63, 3.8) is 0 Å². The highest BCUT2D eigenvalue weighted by molar-refractivity contribution is 7.70. The van der Waals surface area contributed by atoms with Crippen LogP contribution in [0.4, 0.5) is 5.82 Å². The molecule has 1 aliphatic carbocycles. The van der Waals surface area contributed by atoms with E-state index in [1.165, 1.54) is 32.1 Å². The number of pyridine rings is 1. The molecule has 0 aliphatic heterocycles. The van der Waals surface area contributed by atoms with E-state index in [1.54, 1.807) is 6.20 Å². The average Bonchev–Trinajstić information content (AvgIpc) is 2.64. The highest BCUT2D eigenvalue weighted by atomic mass is 31.2. The van der Waals surface area contributed by atoms with Gasteiger partial charge in [-0.3, -0.25) is 0 Å². The number of anilines is 1. The highest BCUT2D eigenvalue weighted by Gasteiger charge is 2.21. The first-order chi connectivity index (χ1) is 9.86. The number of aromatic nitrogens is 1. The summed E-state index contributed by atoms with van der Waals surface area (Å²) in [5.74, 6) is 2.53. The predicted octanol–water partition coefficient (Wildman–Crippen LogP) is 4.35. The van der Waals surface area contributed by atoms with Crippen LogP contribution in [0.5, 0.6) is 0 Å². The zero-order chi connectivity index (χ0) is 15.5. The van der Waals surface area contributed by atoms with Gasteiger partial charge >= 0.3 is 0 Å². The largest absolute Gasteiger partial charge is 0.367 e. The van der Waals surface area contributed by atoms with Crippen LogP contribution >= 0.6 is 7.14 Å². The molecule has 1 N–H and O–H groups in total. The normalized spacial score (nSPS) is 23.9. The zero-order valence-electron chi connectivity index (χ0n) is 13.8. The lowest BCUT2D eigenvalue weighted by atomic mass is 9.89. The van der Waals surface area contributed by atoms with Crippen LogP contribution in [-0.4, -0.2) is 24.4 Å². The Labute approximate surface area is 129 Å². The number of rotatable bonds is 4. The Morgan fingerprint density at radius 3 is 2.67 bits per heavy atom. The average molecular weight is 308 g/mol. The van der Waals surface area contributed by atoms with Crippen molar-refractivity contribution in [2.24, 2.45) is 11.8 Å². The van der Waals surface area contributed by atoms with Gasteiger partial charge in [-0.05, 0) is 56.6 Å². The predicted molar refractivity (Wildman–Crippen MR) is 92.1 cm³/mol. The molecule has 0 radical (unpaired) electrons. The fourth-order valence-corrected chi connectivity index (χ4v) is 4.04. The molecule has 1 aromatic rings. The third kappa shape index (κ3) is 4.85. The molecule has 0 amide bonds. The summed E-state index contributed by atoms with van der Waals surface area (Å²) in [7, 11) is -2.21.